The van der Waals surface area contributed by atoms with Crippen LogP contribution >= 0.6 is 0 Å². The molecule has 0 unspecified atom stereocenters. The minimum absolute atomic E-state index is 0.0869. The highest BCUT2D eigenvalue weighted by Crippen LogP contribution is 2.40. The van der Waals surface area contributed by atoms with Crippen molar-refractivity contribution in [1.82, 2.24) is 4.90 Å². The van der Waals surface area contributed by atoms with Crippen LogP contribution in [0.5, 0.6) is 0 Å². The van der Waals surface area contributed by atoms with Gasteiger partial charge in [0, 0.05) is 13.0 Å². The zero-order valence-corrected chi connectivity index (χ0v) is 8.10. The van der Waals surface area contributed by atoms with Crippen LogP contribution < -0.4 is 0 Å². The lowest BCUT2D eigenvalue weighted by Gasteiger charge is -2.31. The average molecular weight is 200 g/mol. The van der Waals surface area contributed by atoms with Crippen molar-refractivity contribution in [2.75, 3.05) is 13.1 Å². The molecule has 1 saturated carbocycles. The fourth-order valence-corrected chi connectivity index (χ4v) is 2.56. The lowest BCUT2D eigenvalue weighted by Crippen LogP contribution is -2.45. The maximum Gasteiger partial charge on any atom is 0.261 e. The largest absolute Gasteiger partial charge is 0.279 e. The summed E-state index contributed by atoms with van der Waals surface area (Å²) >= 11 is 0. The van der Waals surface area contributed by atoms with E-state index < -0.39 is 11.5 Å². The first-order valence-corrected chi connectivity index (χ1v) is 5.12. The number of likely N-dealkylation sites (tertiary alicyclic amines) is 1. The molecule has 1 heterocycles. The van der Waals surface area contributed by atoms with Crippen LogP contribution in [-0.4, -0.2) is 29.5 Å². The van der Waals surface area contributed by atoms with Crippen LogP contribution in [0.25, 0.3) is 0 Å². The molecule has 1 saturated heterocycles. The Balaban J connectivity index is 2.12. The summed E-state index contributed by atoms with van der Waals surface area (Å²) in [6.07, 6.45) is 3.43. The summed E-state index contributed by atoms with van der Waals surface area (Å²) in [5.41, 5.74) is -0.570. The predicted molar refractivity (Wildman–Crippen MR) is 47.9 cm³/mol. The van der Waals surface area contributed by atoms with Gasteiger partial charge >= 0.3 is 0 Å². The number of alkyl halides is 2. The van der Waals surface area contributed by atoms with Gasteiger partial charge < -0.3 is 0 Å². The third-order valence-electron chi connectivity index (χ3n) is 3.41. The van der Waals surface area contributed by atoms with Crippen LogP contribution in [0.15, 0.2) is 0 Å². The van der Waals surface area contributed by atoms with Gasteiger partial charge in [-0.3, -0.25) is 4.90 Å². The average Bonchev–Trinajstić information content (AvgIpc) is 2.72. The molecule has 2 rings (SSSR count). The summed E-state index contributed by atoms with van der Waals surface area (Å²) < 4.78 is 26.0. The molecule has 1 aliphatic heterocycles. The fraction of sp³-hybridized carbons (Fsp3) is 0.900. The Morgan fingerprint density at radius 2 is 1.79 bits per heavy atom. The fourth-order valence-electron chi connectivity index (χ4n) is 2.56. The highest BCUT2D eigenvalue weighted by molar-refractivity contribution is 5.13. The van der Waals surface area contributed by atoms with Crippen LogP contribution in [0.1, 0.15) is 32.1 Å². The van der Waals surface area contributed by atoms with E-state index in [9.17, 15) is 8.78 Å². The molecule has 4 heteroatoms. The molecular formula is C10H14F2N2. The van der Waals surface area contributed by atoms with Crippen LogP contribution in [-0.2, 0) is 0 Å². The minimum atomic E-state index is -2.58. The topological polar surface area (TPSA) is 27.0 Å². The summed E-state index contributed by atoms with van der Waals surface area (Å²) in [7, 11) is 0. The SMILES string of the molecule is N#CC1(N2CCC(F)(F)C2)CCCC1. The lowest BCUT2D eigenvalue weighted by molar-refractivity contribution is 0.00254. The molecular weight excluding hydrogens is 186 g/mol. The normalized spacial score (nSPS) is 30.4. The summed E-state index contributed by atoms with van der Waals surface area (Å²) in [5, 5.41) is 9.11. The van der Waals surface area contributed by atoms with Crippen molar-refractivity contribution in [2.24, 2.45) is 0 Å². The highest BCUT2D eigenvalue weighted by atomic mass is 19.3. The van der Waals surface area contributed by atoms with Gasteiger partial charge in [-0.1, -0.05) is 12.8 Å². The van der Waals surface area contributed by atoms with E-state index in [4.69, 9.17) is 5.26 Å². The summed E-state index contributed by atoms with van der Waals surface area (Å²) in [6, 6.07) is 2.25. The van der Waals surface area contributed by atoms with Gasteiger partial charge in [-0.15, -0.1) is 0 Å². The molecule has 0 radical (unpaired) electrons. The summed E-state index contributed by atoms with van der Waals surface area (Å²) in [6.45, 7) is 0.154. The third-order valence-corrected chi connectivity index (χ3v) is 3.41. The monoisotopic (exact) mass is 200 g/mol. The zero-order chi connectivity index (χ0) is 10.2. The first-order chi connectivity index (χ1) is 6.58. The van der Waals surface area contributed by atoms with Gasteiger partial charge in [-0.05, 0) is 12.8 Å². The van der Waals surface area contributed by atoms with Crippen LogP contribution in [0.3, 0.4) is 0 Å². The smallest absolute Gasteiger partial charge is 0.261 e. The van der Waals surface area contributed by atoms with Crippen molar-refractivity contribution in [3.8, 4) is 6.07 Å². The van der Waals surface area contributed by atoms with E-state index in [0.717, 1.165) is 25.7 Å². The molecule has 0 bridgehead atoms. The van der Waals surface area contributed by atoms with Gasteiger partial charge in [0.25, 0.3) is 5.92 Å². The zero-order valence-electron chi connectivity index (χ0n) is 8.10. The van der Waals surface area contributed by atoms with E-state index in [1.807, 2.05) is 0 Å². The molecule has 0 atom stereocenters. The summed E-state index contributed by atoms with van der Waals surface area (Å²) in [4.78, 5) is 1.69. The molecule has 78 valence electrons. The molecule has 1 aliphatic carbocycles. The number of nitrogens with zero attached hydrogens (tertiary/aromatic N) is 2. The summed E-state index contributed by atoms with van der Waals surface area (Å²) in [5.74, 6) is -2.58. The van der Waals surface area contributed by atoms with E-state index in [-0.39, 0.29) is 13.0 Å². The van der Waals surface area contributed by atoms with Crippen LogP contribution in [0.2, 0.25) is 0 Å². The van der Waals surface area contributed by atoms with E-state index in [1.54, 1.807) is 4.90 Å². The molecule has 0 N–H and O–H groups in total. The van der Waals surface area contributed by atoms with E-state index >= 15 is 0 Å². The number of hydrogen-bond acceptors (Lipinski definition) is 2. The Kier molecular flexibility index (Phi) is 2.23. The standard InChI is InChI=1S/C10H14F2N2/c11-10(12)5-6-14(8-10)9(7-13)3-1-2-4-9/h1-6,8H2. The Hall–Kier alpha value is -0.690. The first kappa shape index (κ1) is 9.85. The maximum atomic E-state index is 13.0. The second-order valence-electron chi connectivity index (χ2n) is 4.38. The second-order valence-corrected chi connectivity index (χ2v) is 4.38. The van der Waals surface area contributed by atoms with Gasteiger partial charge in [0.05, 0.1) is 12.6 Å². The molecule has 0 aromatic heterocycles. The number of halogens is 2. The molecule has 0 amide bonds. The van der Waals surface area contributed by atoms with Crippen LogP contribution in [0, 0.1) is 11.3 Å². The Morgan fingerprint density at radius 3 is 2.21 bits per heavy atom. The van der Waals surface area contributed by atoms with Gasteiger partial charge in [-0.25, -0.2) is 8.78 Å². The second kappa shape index (κ2) is 3.16. The highest BCUT2D eigenvalue weighted by Gasteiger charge is 2.48. The molecule has 2 fully saturated rings. The van der Waals surface area contributed by atoms with E-state index in [0.29, 0.717) is 6.54 Å². The van der Waals surface area contributed by atoms with Crippen molar-refractivity contribution in [1.29, 1.82) is 5.26 Å². The number of rotatable bonds is 1. The van der Waals surface area contributed by atoms with Crippen molar-refractivity contribution >= 4 is 0 Å². The molecule has 0 aromatic rings. The number of hydrogen-bond donors (Lipinski definition) is 0. The number of nitriles is 1. The van der Waals surface area contributed by atoms with Crippen LogP contribution in [0.4, 0.5) is 8.78 Å². The van der Waals surface area contributed by atoms with E-state index in [2.05, 4.69) is 6.07 Å². The quantitative estimate of drug-likeness (QED) is 0.648. The molecule has 0 spiro atoms. The lowest BCUT2D eigenvalue weighted by atomic mass is 9.98. The first-order valence-electron chi connectivity index (χ1n) is 5.12. The Morgan fingerprint density at radius 1 is 1.14 bits per heavy atom. The molecule has 2 nitrogen and oxygen atoms in total. The Labute approximate surface area is 82.5 Å². The van der Waals surface area contributed by atoms with Crippen molar-refractivity contribution in [3.05, 3.63) is 0 Å². The van der Waals surface area contributed by atoms with Gasteiger partial charge in [-0.2, -0.15) is 5.26 Å². The van der Waals surface area contributed by atoms with Crippen molar-refractivity contribution < 1.29 is 8.78 Å². The van der Waals surface area contributed by atoms with Gasteiger partial charge in [0.2, 0.25) is 0 Å². The van der Waals surface area contributed by atoms with E-state index in [1.165, 1.54) is 0 Å². The maximum absolute atomic E-state index is 13.0. The van der Waals surface area contributed by atoms with Gasteiger partial charge in [0.15, 0.2) is 0 Å². The van der Waals surface area contributed by atoms with Crippen molar-refractivity contribution in [3.63, 3.8) is 0 Å². The van der Waals surface area contributed by atoms with Crippen molar-refractivity contribution in [2.45, 2.75) is 43.6 Å². The molecule has 2 aliphatic rings. The molecule has 0 aromatic carbocycles. The predicted octanol–water partition coefficient (Wildman–Crippen LogP) is 2.16. The third kappa shape index (κ3) is 1.50. The minimum Gasteiger partial charge on any atom is -0.279 e. The Bertz CT molecular complexity index is 264. The van der Waals surface area contributed by atoms with Gasteiger partial charge in [0.1, 0.15) is 5.54 Å². The molecule has 14 heavy (non-hydrogen) atoms.